The van der Waals surface area contributed by atoms with E-state index in [0.29, 0.717) is 0 Å². The van der Waals surface area contributed by atoms with Gasteiger partial charge in [-0.05, 0) is 22.6 Å². The van der Waals surface area contributed by atoms with Gasteiger partial charge in [0.15, 0.2) is 0 Å². The fourth-order valence-corrected chi connectivity index (χ4v) is 1.69. The standard InChI is InChI=1S/C7H2F6IN/c8-3-1-2(7(11,12)13)4(5(9)10)6(14)15-3/h1,5H. The Kier molecular flexibility index (Phi) is 3.46. The fourth-order valence-electron chi connectivity index (χ4n) is 0.936. The SMILES string of the molecule is Fc1cc(C(F)(F)F)c(C(F)F)c(I)n1. The molecule has 0 aliphatic heterocycles. The smallest absolute Gasteiger partial charge is 0.213 e. The van der Waals surface area contributed by atoms with E-state index >= 15 is 0 Å². The molecule has 0 aliphatic rings. The zero-order valence-corrected chi connectivity index (χ0v) is 8.91. The lowest BCUT2D eigenvalue weighted by Crippen LogP contribution is -2.13. The minimum absolute atomic E-state index is 0.0380. The zero-order chi connectivity index (χ0) is 11.8. The molecule has 1 heterocycles. The van der Waals surface area contributed by atoms with Crippen LogP contribution in [-0.2, 0) is 6.18 Å². The first-order valence-corrected chi connectivity index (χ1v) is 4.52. The van der Waals surface area contributed by atoms with Gasteiger partial charge in [0.05, 0.1) is 11.1 Å². The first kappa shape index (κ1) is 12.5. The van der Waals surface area contributed by atoms with Crippen LogP contribution in [0.1, 0.15) is 17.6 Å². The number of hydrogen-bond donors (Lipinski definition) is 0. The Morgan fingerprint density at radius 1 is 1.27 bits per heavy atom. The molecule has 0 aliphatic carbocycles. The van der Waals surface area contributed by atoms with Crippen molar-refractivity contribution in [1.29, 1.82) is 0 Å². The average Bonchev–Trinajstić information content (AvgIpc) is 1.99. The quantitative estimate of drug-likeness (QED) is 0.430. The van der Waals surface area contributed by atoms with Crippen LogP contribution in [0, 0.1) is 9.65 Å². The highest BCUT2D eigenvalue weighted by atomic mass is 127. The molecule has 0 saturated carbocycles. The van der Waals surface area contributed by atoms with Crippen molar-refractivity contribution in [2.75, 3.05) is 0 Å². The van der Waals surface area contributed by atoms with Gasteiger partial charge in [0, 0.05) is 6.07 Å². The molecule has 0 unspecified atom stereocenters. The molecular formula is C7H2F6IN. The second-order valence-corrected chi connectivity index (χ2v) is 3.52. The number of rotatable bonds is 1. The molecule has 1 nitrogen and oxygen atoms in total. The summed E-state index contributed by atoms with van der Waals surface area (Å²) in [5, 5.41) is 0. The van der Waals surface area contributed by atoms with Crippen LogP contribution >= 0.6 is 22.6 Å². The van der Waals surface area contributed by atoms with Crippen LogP contribution in [0.3, 0.4) is 0 Å². The van der Waals surface area contributed by atoms with Gasteiger partial charge in [0.1, 0.15) is 3.70 Å². The molecule has 0 saturated heterocycles. The summed E-state index contributed by atoms with van der Waals surface area (Å²) < 4.78 is 73.1. The molecule has 8 heteroatoms. The van der Waals surface area contributed by atoms with E-state index in [1.54, 1.807) is 0 Å². The predicted molar refractivity (Wildman–Crippen MR) is 46.9 cm³/mol. The molecule has 0 aromatic carbocycles. The van der Waals surface area contributed by atoms with Crippen LogP contribution in [-0.4, -0.2) is 4.98 Å². The molecule has 0 fully saturated rings. The minimum atomic E-state index is -5.02. The van der Waals surface area contributed by atoms with E-state index in [1.807, 2.05) is 0 Å². The van der Waals surface area contributed by atoms with Gasteiger partial charge in [-0.2, -0.15) is 17.6 Å². The highest BCUT2D eigenvalue weighted by molar-refractivity contribution is 14.1. The Labute approximate surface area is 93.6 Å². The van der Waals surface area contributed by atoms with Gasteiger partial charge in [-0.15, -0.1) is 0 Å². The molecule has 0 atom stereocenters. The predicted octanol–water partition coefficient (Wildman–Crippen LogP) is 3.78. The van der Waals surface area contributed by atoms with E-state index in [9.17, 15) is 26.3 Å². The van der Waals surface area contributed by atoms with E-state index < -0.39 is 33.4 Å². The van der Waals surface area contributed by atoms with Gasteiger partial charge in [-0.1, -0.05) is 0 Å². The first-order chi connectivity index (χ1) is 6.73. The Morgan fingerprint density at radius 3 is 2.20 bits per heavy atom. The number of aromatic nitrogens is 1. The normalized spacial score (nSPS) is 12.3. The summed E-state index contributed by atoms with van der Waals surface area (Å²) >= 11 is 1.14. The topological polar surface area (TPSA) is 12.9 Å². The molecule has 84 valence electrons. The summed E-state index contributed by atoms with van der Waals surface area (Å²) in [5.41, 5.74) is -2.97. The van der Waals surface area contributed by atoms with Gasteiger partial charge in [0.2, 0.25) is 5.95 Å². The summed E-state index contributed by atoms with van der Waals surface area (Å²) in [5.74, 6) is -1.43. The molecule has 1 aromatic heterocycles. The Hall–Kier alpha value is -0.540. The second-order valence-electron chi connectivity index (χ2n) is 2.50. The third-order valence-corrected chi connectivity index (χ3v) is 2.33. The maximum absolute atomic E-state index is 12.5. The van der Waals surface area contributed by atoms with Gasteiger partial charge >= 0.3 is 6.18 Å². The zero-order valence-electron chi connectivity index (χ0n) is 6.75. The lowest BCUT2D eigenvalue weighted by molar-refractivity contribution is -0.139. The number of halogens is 7. The molecule has 0 N–H and O–H groups in total. The molecule has 0 amide bonds. The van der Waals surface area contributed by atoms with Crippen molar-refractivity contribution in [3.63, 3.8) is 0 Å². The van der Waals surface area contributed by atoms with Crippen molar-refractivity contribution >= 4 is 22.6 Å². The lowest BCUT2D eigenvalue weighted by atomic mass is 10.1. The largest absolute Gasteiger partial charge is 0.417 e. The Bertz CT molecular complexity index is 374. The third-order valence-electron chi connectivity index (χ3n) is 1.50. The monoisotopic (exact) mass is 341 g/mol. The molecule has 0 bridgehead atoms. The van der Waals surface area contributed by atoms with Gasteiger partial charge in [0.25, 0.3) is 6.43 Å². The van der Waals surface area contributed by atoms with Crippen molar-refractivity contribution in [2.45, 2.75) is 12.6 Å². The van der Waals surface area contributed by atoms with E-state index in [2.05, 4.69) is 4.98 Å². The van der Waals surface area contributed by atoms with Crippen molar-refractivity contribution in [3.8, 4) is 0 Å². The number of alkyl halides is 5. The summed E-state index contributed by atoms with van der Waals surface area (Å²) in [7, 11) is 0. The first-order valence-electron chi connectivity index (χ1n) is 3.44. The second kappa shape index (κ2) is 4.14. The fraction of sp³-hybridized carbons (Fsp3) is 0.286. The van der Waals surface area contributed by atoms with Gasteiger partial charge in [-0.3, -0.25) is 0 Å². The number of hydrogen-bond acceptors (Lipinski definition) is 1. The van der Waals surface area contributed by atoms with Crippen LogP contribution < -0.4 is 0 Å². The molecule has 0 radical (unpaired) electrons. The highest BCUT2D eigenvalue weighted by Crippen LogP contribution is 2.38. The van der Waals surface area contributed by atoms with Crippen molar-refractivity contribution < 1.29 is 26.3 Å². The van der Waals surface area contributed by atoms with Crippen LogP contribution in [0.4, 0.5) is 26.3 Å². The molecule has 1 aromatic rings. The summed E-state index contributed by atoms with van der Waals surface area (Å²) in [6, 6.07) is -0.0380. The number of nitrogens with zero attached hydrogens (tertiary/aromatic N) is 1. The van der Waals surface area contributed by atoms with E-state index in [-0.39, 0.29) is 6.07 Å². The van der Waals surface area contributed by atoms with Gasteiger partial charge < -0.3 is 0 Å². The van der Waals surface area contributed by atoms with Crippen LogP contribution in [0.15, 0.2) is 6.07 Å². The van der Waals surface area contributed by atoms with Crippen molar-refractivity contribution in [3.05, 3.63) is 26.8 Å². The van der Waals surface area contributed by atoms with Crippen LogP contribution in [0.5, 0.6) is 0 Å². The average molecular weight is 341 g/mol. The molecule has 1 rings (SSSR count). The Balaban J connectivity index is 3.47. The molecule has 0 spiro atoms. The minimum Gasteiger partial charge on any atom is -0.213 e. The van der Waals surface area contributed by atoms with E-state index in [4.69, 9.17) is 0 Å². The summed E-state index contributed by atoms with van der Waals surface area (Å²) in [6.07, 6.45) is -8.36. The number of pyridine rings is 1. The van der Waals surface area contributed by atoms with Crippen LogP contribution in [0.2, 0.25) is 0 Å². The van der Waals surface area contributed by atoms with Crippen molar-refractivity contribution in [1.82, 2.24) is 4.98 Å². The third kappa shape index (κ3) is 2.73. The van der Waals surface area contributed by atoms with E-state index in [1.165, 1.54) is 0 Å². The van der Waals surface area contributed by atoms with E-state index in [0.717, 1.165) is 22.6 Å². The lowest BCUT2D eigenvalue weighted by Gasteiger charge is -2.13. The molecular weight excluding hydrogens is 339 g/mol. The van der Waals surface area contributed by atoms with Gasteiger partial charge in [-0.25, -0.2) is 13.8 Å². The summed E-state index contributed by atoms with van der Waals surface area (Å²) in [4.78, 5) is 2.91. The summed E-state index contributed by atoms with van der Waals surface area (Å²) in [6.45, 7) is 0. The highest BCUT2D eigenvalue weighted by Gasteiger charge is 2.38. The van der Waals surface area contributed by atoms with Crippen molar-refractivity contribution in [2.24, 2.45) is 0 Å². The van der Waals surface area contributed by atoms with Crippen LogP contribution in [0.25, 0.3) is 0 Å². The molecule has 15 heavy (non-hydrogen) atoms. The maximum Gasteiger partial charge on any atom is 0.417 e. The Morgan fingerprint density at radius 2 is 1.80 bits per heavy atom. The maximum atomic E-state index is 12.5.